The number of aromatic nitrogens is 2. The molecule has 0 unspecified atom stereocenters. The number of benzene rings is 1. The number of furan rings is 1. The molecule has 6 nitrogen and oxygen atoms in total. The zero-order chi connectivity index (χ0) is 20.3. The Bertz CT molecular complexity index is 1000. The predicted octanol–water partition coefficient (Wildman–Crippen LogP) is 4.68. The van der Waals surface area contributed by atoms with E-state index >= 15 is 0 Å². The first-order valence-corrected chi connectivity index (χ1v) is 9.44. The Morgan fingerprint density at radius 2 is 1.96 bits per heavy atom. The number of carbonyl (C=O) groups is 1. The summed E-state index contributed by atoms with van der Waals surface area (Å²) in [5.74, 6) is 0.868. The zero-order valence-corrected chi connectivity index (χ0v) is 17.1. The molecule has 146 valence electrons. The molecular formula is C21H23ClN4O2. The topological polar surface area (TPSA) is 72.4 Å². The molecule has 3 aromatic rings. The number of hydrazone groups is 1. The molecule has 1 amide bonds. The summed E-state index contributed by atoms with van der Waals surface area (Å²) in [6, 6.07) is 11.4. The van der Waals surface area contributed by atoms with Gasteiger partial charge >= 0.3 is 5.91 Å². The highest BCUT2D eigenvalue weighted by Crippen LogP contribution is 2.20. The molecule has 0 fully saturated rings. The highest BCUT2D eigenvalue weighted by molar-refractivity contribution is 6.31. The number of nitrogens with one attached hydrogen (secondary N) is 1. The maximum Gasteiger partial charge on any atom is 0.307 e. The molecule has 1 N–H and O–H groups in total. The molecule has 2 heterocycles. The largest absolute Gasteiger partial charge is 0.454 e. The molecule has 28 heavy (non-hydrogen) atoms. The molecule has 0 aliphatic heterocycles. The van der Waals surface area contributed by atoms with Gasteiger partial charge in [-0.1, -0.05) is 49.7 Å². The van der Waals surface area contributed by atoms with Crippen molar-refractivity contribution in [1.82, 2.24) is 15.2 Å². The van der Waals surface area contributed by atoms with Crippen molar-refractivity contribution >= 4 is 23.7 Å². The van der Waals surface area contributed by atoms with Crippen LogP contribution in [0.1, 0.15) is 58.6 Å². The summed E-state index contributed by atoms with van der Waals surface area (Å²) in [6.45, 7) is 8.43. The monoisotopic (exact) mass is 398 g/mol. The van der Waals surface area contributed by atoms with Crippen molar-refractivity contribution in [1.29, 1.82) is 0 Å². The van der Waals surface area contributed by atoms with E-state index in [1.54, 1.807) is 23.0 Å². The van der Waals surface area contributed by atoms with Gasteiger partial charge in [0.15, 0.2) is 5.76 Å². The summed E-state index contributed by atoms with van der Waals surface area (Å²) in [7, 11) is 0. The first kappa shape index (κ1) is 19.9. The summed E-state index contributed by atoms with van der Waals surface area (Å²) in [5, 5.41) is 8.99. The number of hydrogen-bond acceptors (Lipinski definition) is 4. The van der Waals surface area contributed by atoms with Crippen molar-refractivity contribution in [3.63, 3.8) is 0 Å². The first-order valence-electron chi connectivity index (χ1n) is 9.06. The molecule has 0 saturated heterocycles. The fourth-order valence-corrected chi connectivity index (χ4v) is 2.88. The Kier molecular flexibility index (Phi) is 5.99. The molecule has 0 spiro atoms. The Balaban J connectivity index is 1.60. The Hall–Kier alpha value is -2.86. The second-order valence-electron chi connectivity index (χ2n) is 6.93. The van der Waals surface area contributed by atoms with Crippen LogP contribution in [0, 0.1) is 13.8 Å². The van der Waals surface area contributed by atoms with Gasteiger partial charge in [-0.05, 0) is 43.0 Å². The van der Waals surface area contributed by atoms with Gasteiger partial charge in [0, 0.05) is 0 Å². The predicted molar refractivity (Wildman–Crippen MR) is 110 cm³/mol. The minimum absolute atomic E-state index is 0.190. The molecule has 0 bridgehead atoms. The maximum absolute atomic E-state index is 12.2. The van der Waals surface area contributed by atoms with Gasteiger partial charge in [0.25, 0.3) is 0 Å². The average molecular weight is 399 g/mol. The molecular weight excluding hydrogens is 376 g/mol. The van der Waals surface area contributed by atoms with Crippen LogP contribution in [-0.4, -0.2) is 21.9 Å². The second-order valence-corrected chi connectivity index (χ2v) is 7.31. The molecule has 1 aromatic carbocycles. The van der Waals surface area contributed by atoms with Gasteiger partial charge < -0.3 is 4.42 Å². The lowest BCUT2D eigenvalue weighted by molar-refractivity contribution is 0.0925. The standard InChI is InChI=1S/C21H23ClN4O2/c1-13(2)17-7-5-16(6-8-17)11-23-24-21(27)19-10-9-18(28-19)12-26-15(4)20(22)14(3)25-26/h5-11,13H,12H2,1-4H3,(H,24,27). The maximum atomic E-state index is 12.2. The average Bonchev–Trinajstić information content (AvgIpc) is 3.23. The summed E-state index contributed by atoms with van der Waals surface area (Å²) < 4.78 is 7.36. The number of nitrogens with zero attached hydrogens (tertiary/aromatic N) is 3. The highest BCUT2D eigenvalue weighted by Gasteiger charge is 2.14. The summed E-state index contributed by atoms with van der Waals surface area (Å²) in [6.07, 6.45) is 1.60. The second kappa shape index (κ2) is 8.44. The Morgan fingerprint density at radius 3 is 2.57 bits per heavy atom. The van der Waals surface area contributed by atoms with E-state index in [0.29, 0.717) is 23.2 Å². The van der Waals surface area contributed by atoms with Gasteiger partial charge in [-0.3, -0.25) is 9.48 Å². The van der Waals surface area contributed by atoms with Gasteiger partial charge in [0.05, 0.1) is 29.2 Å². The third kappa shape index (κ3) is 4.51. The van der Waals surface area contributed by atoms with E-state index in [4.69, 9.17) is 16.0 Å². The van der Waals surface area contributed by atoms with Crippen molar-refractivity contribution in [2.75, 3.05) is 0 Å². The number of amides is 1. The lowest BCUT2D eigenvalue weighted by Crippen LogP contribution is -2.16. The zero-order valence-electron chi connectivity index (χ0n) is 16.4. The van der Waals surface area contributed by atoms with Gasteiger partial charge in [-0.2, -0.15) is 10.2 Å². The number of aryl methyl sites for hydroxylation is 1. The van der Waals surface area contributed by atoms with Crippen LogP contribution in [0.15, 0.2) is 45.9 Å². The van der Waals surface area contributed by atoms with Crippen molar-refractivity contribution in [2.45, 2.75) is 40.2 Å². The molecule has 0 saturated carbocycles. The molecule has 0 radical (unpaired) electrons. The van der Waals surface area contributed by atoms with E-state index in [-0.39, 0.29) is 5.76 Å². The number of rotatable bonds is 6. The van der Waals surface area contributed by atoms with Crippen LogP contribution in [0.5, 0.6) is 0 Å². The molecule has 0 aliphatic carbocycles. The van der Waals surface area contributed by atoms with E-state index in [0.717, 1.165) is 17.0 Å². The highest BCUT2D eigenvalue weighted by atomic mass is 35.5. The van der Waals surface area contributed by atoms with Crippen molar-refractivity contribution in [3.05, 3.63) is 75.5 Å². The lowest BCUT2D eigenvalue weighted by atomic mass is 10.0. The van der Waals surface area contributed by atoms with Crippen LogP contribution in [0.25, 0.3) is 0 Å². The van der Waals surface area contributed by atoms with E-state index in [9.17, 15) is 4.79 Å². The molecule has 2 aromatic heterocycles. The van der Waals surface area contributed by atoms with Gasteiger partial charge in [-0.15, -0.1) is 0 Å². The number of carbonyl (C=O) groups excluding carboxylic acids is 1. The first-order chi connectivity index (χ1) is 13.3. The molecule has 7 heteroatoms. The SMILES string of the molecule is Cc1nn(Cc2ccc(C(=O)NN=Cc3ccc(C(C)C)cc3)o2)c(C)c1Cl. The molecule has 0 atom stereocenters. The third-order valence-electron chi connectivity index (χ3n) is 4.47. The lowest BCUT2D eigenvalue weighted by Gasteiger charge is -2.04. The Labute approximate surface area is 169 Å². The van der Waals surface area contributed by atoms with Crippen LogP contribution in [0.4, 0.5) is 0 Å². The summed E-state index contributed by atoms with van der Waals surface area (Å²) >= 11 is 6.16. The normalized spacial score (nSPS) is 11.5. The molecule has 0 aliphatic rings. The third-order valence-corrected chi connectivity index (χ3v) is 5.01. The van der Waals surface area contributed by atoms with Crippen LogP contribution in [0.3, 0.4) is 0 Å². The van der Waals surface area contributed by atoms with E-state index in [1.165, 1.54) is 5.56 Å². The van der Waals surface area contributed by atoms with Gasteiger partial charge in [0.1, 0.15) is 5.76 Å². The summed E-state index contributed by atoms with van der Waals surface area (Å²) in [5.41, 5.74) is 6.27. The summed E-state index contributed by atoms with van der Waals surface area (Å²) in [4.78, 5) is 12.2. The van der Waals surface area contributed by atoms with Gasteiger partial charge in [-0.25, -0.2) is 5.43 Å². The quantitative estimate of drug-likeness (QED) is 0.484. The number of hydrogen-bond donors (Lipinski definition) is 1. The minimum atomic E-state index is -0.410. The smallest absolute Gasteiger partial charge is 0.307 e. The van der Waals surface area contributed by atoms with Crippen LogP contribution < -0.4 is 5.43 Å². The number of halogens is 1. The van der Waals surface area contributed by atoms with Gasteiger partial charge in [0.2, 0.25) is 0 Å². The minimum Gasteiger partial charge on any atom is -0.454 e. The fourth-order valence-electron chi connectivity index (χ4n) is 2.75. The van der Waals surface area contributed by atoms with E-state index in [1.807, 2.05) is 26.0 Å². The van der Waals surface area contributed by atoms with Crippen molar-refractivity contribution < 1.29 is 9.21 Å². The van der Waals surface area contributed by atoms with Crippen LogP contribution >= 0.6 is 11.6 Å². The Morgan fingerprint density at radius 1 is 1.25 bits per heavy atom. The van der Waals surface area contributed by atoms with Crippen molar-refractivity contribution in [3.8, 4) is 0 Å². The fraction of sp³-hybridized carbons (Fsp3) is 0.286. The van der Waals surface area contributed by atoms with E-state index in [2.05, 4.69) is 41.6 Å². The molecule has 3 rings (SSSR count). The van der Waals surface area contributed by atoms with Crippen LogP contribution in [-0.2, 0) is 6.54 Å². The van der Waals surface area contributed by atoms with Crippen molar-refractivity contribution in [2.24, 2.45) is 5.10 Å². The van der Waals surface area contributed by atoms with E-state index < -0.39 is 5.91 Å². The van der Waals surface area contributed by atoms with Crippen LogP contribution in [0.2, 0.25) is 5.02 Å².